The van der Waals surface area contributed by atoms with Crippen molar-refractivity contribution in [3.8, 4) is 0 Å². The Balaban J connectivity index is 3.27. The van der Waals surface area contributed by atoms with Crippen LogP contribution in [0.1, 0.15) is 31.1 Å². The van der Waals surface area contributed by atoms with Crippen LogP contribution in [0.3, 0.4) is 0 Å². The lowest BCUT2D eigenvalue weighted by molar-refractivity contribution is -0.145. The molecule has 0 unspecified atom stereocenters. The number of alkyl halides is 4. The fraction of sp³-hybridized carbons (Fsp3) is 0.625. The summed E-state index contributed by atoms with van der Waals surface area (Å²) >= 11 is 3.01. The summed E-state index contributed by atoms with van der Waals surface area (Å²) in [7, 11) is 0. The third-order valence-corrected chi connectivity index (χ3v) is 2.38. The number of aromatic nitrogens is 2. The lowest BCUT2D eigenvalue weighted by atomic mass is 10.2. The quantitative estimate of drug-likeness (QED) is 0.754. The molecule has 0 aliphatic carbocycles. The maximum atomic E-state index is 12.6. The maximum absolute atomic E-state index is 12.6. The first-order chi connectivity index (χ1) is 6.38. The van der Waals surface area contributed by atoms with E-state index in [2.05, 4.69) is 21.0 Å². The van der Waals surface area contributed by atoms with Gasteiger partial charge >= 0.3 is 6.18 Å². The molecule has 1 heterocycles. The number of nitrogens with zero attached hydrogens (tertiary/aromatic N) is 2. The minimum atomic E-state index is -4.34. The third-order valence-electron chi connectivity index (χ3n) is 1.77. The van der Waals surface area contributed by atoms with Gasteiger partial charge < -0.3 is 0 Å². The van der Waals surface area contributed by atoms with Crippen molar-refractivity contribution < 1.29 is 13.2 Å². The van der Waals surface area contributed by atoms with E-state index < -0.39 is 11.9 Å². The van der Waals surface area contributed by atoms with Crippen molar-refractivity contribution in [3.05, 3.63) is 17.5 Å². The van der Waals surface area contributed by atoms with E-state index in [0.717, 1.165) is 4.68 Å². The Morgan fingerprint density at radius 3 is 2.43 bits per heavy atom. The molecule has 0 N–H and O–H groups in total. The van der Waals surface area contributed by atoms with E-state index in [9.17, 15) is 13.2 Å². The second-order valence-corrected chi connectivity index (χ2v) is 3.75. The van der Waals surface area contributed by atoms with Gasteiger partial charge in [0.15, 0.2) is 0 Å². The van der Waals surface area contributed by atoms with Crippen molar-refractivity contribution in [1.29, 1.82) is 0 Å². The van der Waals surface area contributed by atoms with Crippen molar-refractivity contribution in [2.45, 2.75) is 31.4 Å². The Labute approximate surface area is 88.2 Å². The number of rotatable bonds is 2. The molecule has 0 amide bonds. The first kappa shape index (κ1) is 11.6. The Morgan fingerprint density at radius 2 is 2.07 bits per heavy atom. The van der Waals surface area contributed by atoms with Crippen LogP contribution in [-0.4, -0.2) is 9.78 Å². The first-order valence-corrected chi connectivity index (χ1v) is 5.19. The fourth-order valence-corrected chi connectivity index (χ4v) is 1.61. The fourth-order valence-electron chi connectivity index (χ4n) is 1.20. The van der Waals surface area contributed by atoms with Gasteiger partial charge in [-0.05, 0) is 13.8 Å². The van der Waals surface area contributed by atoms with Gasteiger partial charge in [0.05, 0.1) is 6.20 Å². The topological polar surface area (TPSA) is 17.8 Å². The van der Waals surface area contributed by atoms with Gasteiger partial charge in [0.1, 0.15) is 5.69 Å². The van der Waals surface area contributed by atoms with Crippen molar-refractivity contribution >= 4 is 15.9 Å². The first-order valence-electron chi connectivity index (χ1n) is 4.07. The van der Waals surface area contributed by atoms with Gasteiger partial charge in [-0.1, -0.05) is 15.9 Å². The van der Waals surface area contributed by atoms with Crippen LogP contribution in [0.15, 0.2) is 6.20 Å². The molecule has 0 atom stereocenters. The van der Waals surface area contributed by atoms with Gasteiger partial charge in [-0.3, -0.25) is 4.68 Å². The van der Waals surface area contributed by atoms with E-state index in [4.69, 9.17) is 0 Å². The zero-order valence-electron chi connectivity index (χ0n) is 7.77. The molecule has 1 rings (SSSR count). The number of hydrogen-bond donors (Lipinski definition) is 0. The summed E-state index contributed by atoms with van der Waals surface area (Å²) in [5.41, 5.74) is -0.490. The second kappa shape index (κ2) is 3.92. The summed E-state index contributed by atoms with van der Waals surface area (Å²) in [6.07, 6.45) is -3.10. The minimum Gasteiger partial charge on any atom is -0.258 e. The molecule has 0 fully saturated rings. The molecule has 2 nitrogen and oxygen atoms in total. The highest BCUT2D eigenvalue weighted by molar-refractivity contribution is 9.08. The molecule has 1 aromatic heterocycles. The molecule has 0 spiro atoms. The summed E-state index contributed by atoms with van der Waals surface area (Å²) in [6, 6.07) is -0.292. The van der Waals surface area contributed by atoms with Gasteiger partial charge in [0, 0.05) is 16.9 Å². The van der Waals surface area contributed by atoms with Gasteiger partial charge in [-0.2, -0.15) is 18.3 Å². The molecule has 0 aromatic carbocycles. The molecule has 1 aromatic rings. The monoisotopic (exact) mass is 270 g/mol. The van der Waals surface area contributed by atoms with Crippen molar-refractivity contribution in [2.24, 2.45) is 0 Å². The highest BCUT2D eigenvalue weighted by atomic mass is 79.9. The highest BCUT2D eigenvalue weighted by Crippen LogP contribution is 2.34. The van der Waals surface area contributed by atoms with E-state index in [1.54, 1.807) is 13.8 Å². The summed E-state index contributed by atoms with van der Waals surface area (Å²) < 4.78 is 38.8. The van der Waals surface area contributed by atoms with Crippen LogP contribution >= 0.6 is 15.9 Å². The largest absolute Gasteiger partial charge is 0.433 e. The van der Waals surface area contributed by atoms with Crippen LogP contribution in [0.4, 0.5) is 13.2 Å². The predicted molar refractivity (Wildman–Crippen MR) is 50.2 cm³/mol. The lowest BCUT2D eigenvalue weighted by Crippen LogP contribution is -2.17. The van der Waals surface area contributed by atoms with Crippen molar-refractivity contribution in [3.63, 3.8) is 0 Å². The molecular formula is C8H10BrF3N2. The lowest BCUT2D eigenvalue weighted by Gasteiger charge is -2.14. The zero-order valence-corrected chi connectivity index (χ0v) is 9.35. The van der Waals surface area contributed by atoms with Gasteiger partial charge in [0.25, 0.3) is 0 Å². The Kier molecular flexibility index (Phi) is 3.24. The zero-order chi connectivity index (χ0) is 10.9. The Bertz CT molecular complexity index is 317. The number of halogens is 4. The molecule has 0 aliphatic rings. The van der Waals surface area contributed by atoms with Gasteiger partial charge in [0.2, 0.25) is 0 Å². The van der Waals surface area contributed by atoms with Crippen LogP contribution in [0, 0.1) is 0 Å². The average molecular weight is 271 g/mol. The number of hydrogen-bond acceptors (Lipinski definition) is 1. The van der Waals surface area contributed by atoms with E-state index in [1.807, 2.05) is 0 Å². The van der Waals surface area contributed by atoms with Crippen LogP contribution < -0.4 is 0 Å². The molecule has 14 heavy (non-hydrogen) atoms. The van der Waals surface area contributed by atoms with Crippen molar-refractivity contribution in [1.82, 2.24) is 9.78 Å². The summed E-state index contributed by atoms with van der Waals surface area (Å²) in [4.78, 5) is 0. The van der Waals surface area contributed by atoms with Crippen LogP contribution in [-0.2, 0) is 11.5 Å². The predicted octanol–water partition coefficient (Wildman–Crippen LogP) is 3.38. The van der Waals surface area contributed by atoms with E-state index in [-0.39, 0.29) is 16.9 Å². The average Bonchev–Trinajstić information content (AvgIpc) is 2.45. The summed E-state index contributed by atoms with van der Waals surface area (Å²) in [5, 5.41) is 3.88. The molecule has 0 saturated heterocycles. The molecule has 6 heteroatoms. The Morgan fingerprint density at radius 1 is 1.50 bits per heavy atom. The van der Waals surface area contributed by atoms with E-state index in [1.165, 1.54) is 6.20 Å². The van der Waals surface area contributed by atoms with E-state index in [0.29, 0.717) is 0 Å². The highest BCUT2D eigenvalue weighted by Gasteiger charge is 2.38. The maximum Gasteiger partial charge on any atom is 0.433 e. The van der Waals surface area contributed by atoms with Crippen LogP contribution in [0.5, 0.6) is 0 Å². The van der Waals surface area contributed by atoms with Gasteiger partial charge in [-0.25, -0.2) is 0 Å². The van der Waals surface area contributed by atoms with E-state index >= 15 is 0 Å². The second-order valence-electron chi connectivity index (χ2n) is 3.19. The smallest absolute Gasteiger partial charge is 0.258 e. The molecule has 0 aliphatic heterocycles. The summed E-state index contributed by atoms with van der Waals surface area (Å²) in [6.45, 7) is 3.33. The standard InChI is InChI=1S/C8H10BrF3N2/c1-5(2)14-7(8(10,11)12)6(3-9)4-13-14/h4-5H,3H2,1-2H3. The molecule has 0 radical (unpaired) electrons. The Hall–Kier alpha value is -0.520. The molecule has 0 bridgehead atoms. The van der Waals surface area contributed by atoms with Gasteiger partial charge in [-0.15, -0.1) is 0 Å². The normalized spacial score (nSPS) is 12.5. The van der Waals surface area contributed by atoms with Crippen molar-refractivity contribution in [2.75, 3.05) is 0 Å². The SMILES string of the molecule is CC(C)n1ncc(CBr)c1C(F)(F)F. The molecular weight excluding hydrogens is 261 g/mol. The molecule has 0 saturated carbocycles. The third kappa shape index (κ3) is 2.10. The van der Waals surface area contributed by atoms with Crippen LogP contribution in [0.2, 0.25) is 0 Å². The minimum absolute atomic E-state index is 0.161. The summed E-state index contributed by atoms with van der Waals surface area (Å²) in [5.74, 6) is 0. The molecule has 80 valence electrons. The van der Waals surface area contributed by atoms with Crippen LogP contribution in [0.25, 0.3) is 0 Å².